The van der Waals surface area contributed by atoms with E-state index in [2.05, 4.69) is 31.4 Å². The molecule has 1 unspecified atom stereocenters. The Morgan fingerprint density at radius 3 is 2.40 bits per heavy atom. The zero-order valence-corrected chi connectivity index (χ0v) is 29.3. The molecule has 0 saturated carbocycles. The summed E-state index contributed by atoms with van der Waals surface area (Å²) in [4.78, 5) is 41.3. The molecule has 0 radical (unpaired) electrons. The smallest absolute Gasteiger partial charge is 0.320 e. The number of nitrogens with one attached hydrogen (secondary N) is 2. The molecule has 5 N–H and O–H groups in total. The summed E-state index contributed by atoms with van der Waals surface area (Å²) in [7, 11) is 7.02. The molecule has 256 valence electrons. The van der Waals surface area contributed by atoms with Gasteiger partial charge in [-0.25, -0.2) is 0 Å². The third kappa shape index (κ3) is 9.58. The molecule has 1 aliphatic heterocycles. The molecule has 45 heavy (non-hydrogen) atoms. The number of Topliss-reactive ketones (excluding diaryl/α,β-unsaturated/α-hetero) is 1. The monoisotopic (exact) mass is 632 g/mol. The van der Waals surface area contributed by atoms with E-state index in [1.165, 1.54) is 0 Å². The molecule has 1 fully saturated rings. The van der Waals surface area contributed by atoms with Gasteiger partial charge in [0, 0.05) is 21.3 Å². The van der Waals surface area contributed by atoms with E-state index in [9.17, 15) is 19.5 Å². The van der Waals surface area contributed by atoms with Gasteiger partial charge in [0.2, 0.25) is 5.91 Å². The van der Waals surface area contributed by atoms with Crippen LogP contribution in [0.4, 0.5) is 0 Å². The van der Waals surface area contributed by atoms with Gasteiger partial charge >= 0.3 is 5.97 Å². The fourth-order valence-corrected chi connectivity index (χ4v) is 6.98. The predicted octanol–water partition coefficient (Wildman–Crippen LogP) is 3.39. The summed E-state index contributed by atoms with van der Waals surface area (Å²) in [5.74, 6) is -0.319. The standard InChI is InChI=1S/C35H60N4O6/c1-11-23(4)19-35(6,45-10)29(39(8)32(41)30(37-7)22(2)3)18-25-17-28(38-20-25)31(40)34(5,21-44-9)26-14-12-13-24(15-26)16-27(36)33(42)43/h12-15,22-23,25,27-30,37-38H,11,16-21,36H2,1-10H3,(H,42,43)/t23-,25?,27-,28+,29-,30-,34+,35+/m0/s1. The van der Waals surface area contributed by atoms with Crippen LogP contribution in [0.1, 0.15) is 78.4 Å². The normalized spacial score (nSPS) is 22.2. The highest BCUT2D eigenvalue weighted by Crippen LogP contribution is 2.36. The largest absolute Gasteiger partial charge is 0.480 e. The zero-order chi connectivity index (χ0) is 34.1. The lowest BCUT2D eigenvalue weighted by Crippen LogP contribution is -2.58. The number of carbonyl (C=O) groups excluding carboxylic acids is 2. The maximum Gasteiger partial charge on any atom is 0.320 e. The molecule has 1 aromatic carbocycles. The van der Waals surface area contributed by atoms with E-state index < -0.39 is 29.1 Å². The summed E-state index contributed by atoms with van der Waals surface area (Å²) in [6, 6.07) is 5.49. The first kappa shape index (κ1) is 38.8. The van der Waals surface area contributed by atoms with Crippen molar-refractivity contribution in [3.63, 3.8) is 0 Å². The quantitative estimate of drug-likeness (QED) is 0.180. The Balaban J connectivity index is 2.36. The minimum Gasteiger partial charge on any atom is -0.480 e. The molecule has 1 amide bonds. The van der Waals surface area contributed by atoms with Gasteiger partial charge in [-0.2, -0.15) is 0 Å². The number of nitrogens with zero attached hydrogens (tertiary/aromatic N) is 1. The number of carboxylic acid groups (broad SMARTS) is 1. The second-order valence-corrected chi connectivity index (χ2v) is 14.0. The number of aliphatic carboxylic acids is 1. The van der Waals surface area contributed by atoms with Crippen molar-refractivity contribution in [3.05, 3.63) is 35.4 Å². The van der Waals surface area contributed by atoms with Crippen molar-refractivity contribution in [2.24, 2.45) is 23.5 Å². The van der Waals surface area contributed by atoms with Gasteiger partial charge < -0.3 is 35.8 Å². The van der Waals surface area contributed by atoms with E-state index in [1.807, 2.05) is 64.0 Å². The number of nitrogens with two attached hydrogens (primary N) is 1. The van der Waals surface area contributed by atoms with E-state index in [0.29, 0.717) is 25.3 Å². The van der Waals surface area contributed by atoms with Crippen LogP contribution >= 0.6 is 0 Å². The number of rotatable bonds is 19. The van der Waals surface area contributed by atoms with Crippen molar-refractivity contribution in [1.82, 2.24) is 15.5 Å². The lowest BCUT2D eigenvalue weighted by Gasteiger charge is -2.45. The van der Waals surface area contributed by atoms with Crippen LogP contribution in [0.2, 0.25) is 0 Å². The molecule has 2 rings (SSSR count). The molecule has 10 nitrogen and oxygen atoms in total. The number of hydrogen-bond acceptors (Lipinski definition) is 8. The SMILES string of the molecule is CC[C@H](C)C[C@@](C)(OC)[C@H](CC1CN[C@@H](C(=O)[C@](C)(COC)c2cccc(C[C@H](N)C(=O)O)c2)C1)N(C)C(=O)[C@@H](NC)C(C)C. The Kier molecular flexibility index (Phi) is 14.6. The molecule has 8 atom stereocenters. The first-order chi connectivity index (χ1) is 21.1. The Hall–Kier alpha value is -2.37. The Labute approximate surface area is 271 Å². The summed E-state index contributed by atoms with van der Waals surface area (Å²) in [6.07, 6.45) is 3.31. The molecule has 1 saturated heterocycles. The molecular weight excluding hydrogens is 572 g/mol. The zero-order valence-electron chi connectivity index (χ0n) is 29.3. The predicted molar refractivity (Wildman–Crippen MR) is 178 cm³/mol. The van der Waals surface area contributed by atoms with Crippen molar-refractivity contribution in [2.45, 2.75) is 109 Å². The maximum absolute atomic E-state index is 14.3. The Morgan fingerprint density at radius 1 is 1.20 bits per heavy atom. The summed E-state index contributed by atoms with van der Waals surface area (Å²) in [5, 5.41) is 16.0. The van der Waals surface area contributed by atoms with Crippen molar-refractivity contribution < 1.29 is 29.0 Å². The number of amides is 1. The van der Waals surface area contributed by atoms with Gasteiger partial charge in [0.05, 0.1) is 35.7 Å². The van der Waals surface area contributed by atoms with Crippen molar-refractivity contribution in [2.75, 3.05) is 41.5 Å². The molecule has 1 aromatic rings. The van der Waals surface area contributed by atoms with Crippen LogP contribution in [-0.2, 0) is 35.7 Å². The summed E-state index contributed by atoms with van der Waals surface area (Å²) < 4.78 is 11.8. The number of carboxylic acids is 1. The number of carbonyl (C=O) groups is 3. The van der Waals surface area contributed by atoms with Crippen LogP contribution < -0.4 is 16.4 Å². The third-order valence-corrected chi connectivity index (χ3v) is 10.1. The van der Waals surface area contributed by atoms with E-state index in [0.717, 1.165) is 24.0 Å². The summed E-state index contributed by atoms with van der Waals surface area (Å²) >= 11 is 0. The first-order valence-electron chi connectivity index (χ1n) is 16.4. The van der Waals surface area contributed by atoms with Crippen molar-refractivity contribution in [1.29, 1.82) is 0 Å². The van der Waals surface area contributed by atoms with E-state index in [-0.39, 0.29) is 48.6 Å². The van der Waals surface area contributed by atoms with Gasteiger partial charge in [-0.15, -0.1) is 0 Å². The molecule has 0 bridgehead atoms. The highest BCUT2D eigenvalue weighted by atomic mass is 16.5. The van der Waals surface area contributed by atoms with Gasteiger partial charge in [-0.05, 0) is 82.0 Å². The molecular formula is C35H60N4O6. The van der Waals surface area contributed by atoms with E-state index in [1.54, 1.807) is 14.2 Å². The minimum absolute atomic E-state index is 0.0247. The van der Waals surface area contributed by atoms with Gasteiger partial charge in [0.15, 0.2) is 5.78 Å². The van der Waals surface area contributed by atoms with Crippen LogP contribution in [0.25, 0.3) is 0 Å². The average Bonchev–Trinajstić information content (AvgIpc) is 3.47. The van der Waals surface area contributed by atoms with E-state index in [4.69, 9.17) is 15.2 Å². The van der Waals surface area contributed by atoms with E-state index >= 15 is 0 Å². The fraction of sp³-hybridized carbons (Fsp3) is 0.743. The lowest BCUT2D eigenvalue weighted by atomic mass is 9.74. The lowest BCUT2D eigenvalue weighted by molar-refractivity contribution is -0.146. The number of methoxy groups -OCH3 is 2. The van der Waals surface area contributed by atoms with Crippen LogP contribution in [0.5, 0.6) is 0 Å². The topological polar surface area (TPSA) is 143 Å². The third-order valence-electron chi connectivity index (χ3n) is 10.1. The second kappa shape index (κ2) is 17.0. The number of ketones is 1. The van der Waals surface area contributed by atoms with Crippen LogP contribution in [0.3, 0.4) is 0 Å². The second-order valence-electron chi connectivity index (χ2n) is 14.0. The van der Waals surface area contributed by atoms with Crippen molar-refractivity contribution >= 4 is 17.7 Å². The van der Waals surface area contributed by atoms with Gasteiger partial charge in [-0.3, -0.25) is 14.4 Å². The highest BCUT2D eigenvalue weighted by molar-refractivity contribution is 5.94. The fourth-order valence-electron chi connectivity index (χ4n) is 6.98. The number of ether oxygens (including phenoxy) is 2. The average molecular weight is 633 g/mol. The Morgan fingerprint density at radius 2 is 1.87 bits per heavy atom. The summed E-state index contributed by atoms with van der Waals surface area (Å²) in [6.45, 7) is 13.3. The van der Waals surface area contributed by atoms with Gasteiger partial charge in [0.1, 0.15) is 6.04 Å². The number of hydrogen-bond donors (Lipinski definition) is 4. The first-order valence-corrected chi connectivity index (χ1v) is 16.4. The molecule has 1 aliphatic rings. The van der Waals surface area contributed by atoms with Gasteiger partial charge in [0.25, 0.3) is 0 Å². The van der Waals surface area contributed by atoms with Crippen molar-refractivity contribution in [3.8, 4) is 0 Å². The van der Waals surface area contributed by atoms with Crippen LogP contribution in [0.15, 0.2) is 24.3 Å². The number of benzene rings is 1. The number of likely N-dealkylation sites (N-methyl/N-ethyl adjacent to an activating group) is 2. The van der Waals surface area contributed by atoms with Crippen LogP contribution in [-0.4, -0.2) is 98.9 Å². The highest BCUT2D eigenvalue weighted by Gasteiger charge is 2.46. The van der Waals surface area contributed by atoms with Crippen LogP contribution in [0, 0.1) is 17.8 Å². The maximum atomic E-state index is 14.3. The molecule has 1 heterocycles. The summed E-state index contributed by atoms with van der Waals surface area (Å²) in [5.41, 5.74) is 5.80. The molecule has 0 aliphatic carbocycles. The minimum atomic E-state index is -1.07. The molecule has 10 heteroatoms. The van der Waals surface area contributed by atoms with Gasteiger partial charge in [-0.1, -0.05) is 58.4 Å². The Bertz CT molecular complexity index is 1130. The molecule has 0 aromatic heterocycles. The molecule has 0 spiro atoms.